The predicted molar refractivity (Wildman–Crippen MR) is 318 cm³/mol. The van der Waals surface area contributed by atoms with Crippen molar-refractivity contribution in [3.8, 4) is 0 Å². The molecule has 1 rings (SSSR count). The highest BCUT2D eigenvalue weighted by Gasteiger charge is 2.44. The van der Waals surface area contributed by atoms with Crippen molar-refractivity contribution in [1.29, 1.82) is 0 Å². The molecule has 1 saturated heterocycles. The molecule has 0 aromatic rings. The van der Waals surface area contributed by atoms with E-state index < -0.39 is 49.5 Å². The van der Waals surface area contributed by atoms with Gasteiger partial charge in [0.1, 0.15) is 24.4 Å². The van der Waals surface area contributed by atoms with Gasteiger partial charge in [-0.15, -0.1) is 0 Å². The number of hydrogen-bond acceptors (Lipinski definition) is 8. The molecule has 75 heavy (non-hydrogen) atoms. The lowest BCUT2D eigenvalue weighted by atomic mass is 9.99. The Hall–Kier alpha value is -1.59. The van der Waals surface area contributed by atoms with Crippen molar-refractivity contribution >= 4 is 5.91 Å². The summed E-state index contributed by atoms with van der Waals surface area (Å²) in [6.07, 6.45) is 66.9. The zero-order valence-electron chi connectivity index (χ0n) is 49.3. The highest BCUT2D eigenvalue weighted by atomic mass is 16.7. The van der Waals surface area contributed by atoms with E-state index in [0.29, 0.717) is 6.42 Å². The Bertz CT molecular complexity index is 1270. The molecule has 0 bridgehead atoms. The number of unbranched alkanes of at least 4 members (excludes halogenated alkanes) is 43. The Balaban J connectivity index is 2.10. The maximum atomic E-state index is 13.1. The Labute approximate surface area is 463 Å². The van der Waals surface area contributed by atoms with Crippen LogP contribution in [0.4, 0.5) is 0 Å². The van der Waals surface area contributed by atoms with Gasteiger partial charge in [0.15, 0.2) is 6.29 Å². The topological polar surface area (TPSA) is 149 Å². The molecule has 7 atom stereocenters. The summed E-state index contributed by atoms with van der Waals surface area (Å²) in [6, 6.07) is -0.826. The molecular weight excluding hydrogens is 935 g/mol. The molecule has 0 aromatic heterocycles. The van der Waals surface area contributed by atoms with Crippen LogP contribution >= 0.6 is 0 Å². The lowest BCUT2D eigenvalue weighted by molar-refractivity contribution is -0.302. The van der Waals surface area contributed by atoms with Gasteiger partial charge < -0.3 is 40.3 Å². The Kier molecular flexibility index (Phi) is 53.1. The molecular formula is C66H125NO8. The molecule has 0 aliphatic carbocycles. The highest BCUT2D eigenvalue weighted by molar-refractivity contribution is 5.76. The van der Waals surface area contributed by atoms with E-state index in [1.54, 1.807) is 6.08 Å². The van der Waals surface area contributed by atoms with Crippen molar-refractivity contribution in [2.45, 2.75) is 365 Å². The fraction of sp³-hybridized carbons (Fsp3) is 0.894. The molecule has 1 aliphatic heterocycles. The van der Waals surface area contributed by atoms with E-state index in [2.05, 4.69) is 43.5 Å². The highest BCUT2D eigenvalue weighted by Crippen LogP contribution is 2.23. The Morgan fingerprint density at radius 3 is 1.12 bits per heavy atom. The number of nitrogens with one attached hydrogen (secondary N) is 1. The second-order valence-corrected chi connectivity index (χ2v) is 22.9. The van der Waals surface area contributed by atoms with E-state index in [1.807, 2.05) is 6.08 Å². The van der Waals surface area contributed by atoms with E-state index >= 15 is 0 Å². The fourth-order valence-electron chi connectivity index (χ4n) is 10.5. The van der Waals surface area contributed by atoms with Crippen molar-refractivity contribution in [3.63, 3.8) is 0 Å². The lowest BCUT2D eigenvalue weighted by Gasteiger charge is -2.40. The number of ether oxygens (including phenoxy) is 2. The summed E-state index contributed by atoms with van der Waals surface area (Å²) in [5.41, 5.74) is 0. The van der Waals surface area contributed by atoms with Gasteiger partial charge in [-0.25, -0.2) is 0 Å². The summed E-state index contributed by atoms with van der Waals surface area (Å²) in [7, 11) is 0. The number of aliphatic hydroxyl groups is 5. The molecule has 442 valence electrons. The zero-order valence-corrected chi connectivity index (χ0v) is 49.3. The molecule has 9 heteroatoms. The van der Waals surface area contributed by atoms with Gasteiger partial charge in [-0.1, -0.05) is 307 Å². The van der Waals surface area contributed by atoms with Crippen molar-refractivity contribution in [1.82, 2.24) is 5.32 Å². The first-order valence-electron chi connectivity index (χ1n) is 32.7. The van der Waals surface area contributed by atoms with Crippen LogP contribution in [0, 0.1) is 0 Å². The standard InChI is InChI=1S/C66H125NO8/c1-3-5-7-9-11-13-15-17-19-21-22-23-24-25-26-27-28-29-30-31-32-33-34-35-36-37-38-40-42-44-46-48-50-52-54-56-62(70)67-59(58-74-66-65(73)64(72)63(71)61(57-68)75-66)60(69)55-53-51-49-47-45-43-41-39-20-18-16-14-12-10-8-6-4-2/h20,39,45,47,53,55,59-61,63-66,68-69,71-73H,3-19,21-38,40-44,46,48-52,54,56-58H2,1-2H3,(H,67,70)/b39-20+,47-45+,55-53+. The molecule has 1 heterocycles. The first-order valence-corrected chi connectivity index (χ1v) is 32.7. The van der Waals surface area contributed by atoms with Crippen LogP contribution in [0.2, 0.25) is 0 Å². The molecule has 0 saturated carbocycles. The Morgan fingerprint density at radius 2 is 0.760 bits per heavy atom. The van der Waals surface area contributed by atoms with Crippen LogP contribution in [-0.2, 0) is 14.3 Å². The summed E-state index contributed by atoms with van der Waals surface area (Å²) < 4.78 is 11.3. The molecule has 1 aliphatic rings. The molecule has 0 radical (unpaired) electrons. The molecule has 6 N–H and O–H groups in total. The van der Waals surface area contributed by atoms with E-state index in [4.69, 9.17) is 9.47 Å². The van der Waals surface area contributed by atoms with Gasteiger partial charge in [0.2, 0.25) is 5.91 Å². The van der Waals surface area contributed by atoms with Crippen molar-refractivity contribution in [2.75, 3.05) is 13.2 Å². The number of amides is 1. The fourth-order valence-corrected chi connectivity index (χ4v) is 10.5. The van der Waals surface area contributed by atoms with Crippen LogP contribution in [0.15, 0.2) is 36.5 Å². The lowest BCUT2D eigenvalue weighted by Crippen LogP contribution is -2.60. The van der Waals surface area contributed by atoms with Gasteiger partial charge >= 0.3 is 0 Å². The average Bonchev–Trinajstić information content (AvgIpc) is 3.41. The second kappa shape index (κ2) is 55.7. The smallest absolute Gasteiger partial charge is 0.220 e. The number of carbonyl (C=O) groups excluding carboxylic acids is 1. The summed E-state index contributed by atoms with van der Waals surface area (Å²) in [5, 5.41) is 54.5. The SMILES string of the molecule is CCCCCCCCC/C=C/CC/C=C/CC/C=C/C(O)C(COC1OC(CO)C(O)C(O)C1O)NC(=O)CCCCCCCCCCCCCCCCCCCCCCCCCCCCCCCCCCCCC. The normalized spacial score (nSPS) is 19.1. The average molecular weight is 1060 g/mol. The Morgan fingerprint density at radius 1 is 0.440 bits per heavy atom. The van der Waals surface area contributed by atoms with Gasteiger partial charge in [0, 0.05) is 6.42 Å². The summed E-state index contributed by atoms with van der Waals surface area (Å²) in [6.45, 7) is 3.79. The van der Waals surface area contributed by atoms with Gasteiger partial charge in [-0.3, -0.25) is 4.79 Å². The van der Waals surface area contributed by atoms with Crippen LogP contribution < -0.4 is 5.32 Å². The van der Waals surface area contributed by atoms with Crippen molar-refractivity contribution in [2.24, 2.45) is 0 Å². The van der Waals surface area contributed by atoms with Crippen molar-refractivity contribution < 1.29 is 39.8 Å². The van der Waals surface area contributed by atoms with E-state index in [1.165, 1.54) is 257 Å². The number of allylic oxidation sites excluding steroid dienone is 5. The van der Waals surface area contributed by atoms with E-state index in [-0.39, 0.29) is 12.5 Å². The van der Waals surface area contributed by atoms with Gasteiger partial charge in [-0.2, -0.15) is 0 Å². The monoisotopic (exact) mass is 1060 g/mol. The van der Waals surface area contributed by atoms with Crippen LogP contribution in [0.25, 0.3) is 0 Å². The third-order valence-electron chi connectivity index (χ3n) is 15.7. The number of aliphatic hydroxyl groups excluding tert-OH is 5. The van der Waals surface area contributed by atoms with Crippen molar-refractivity contribution in [3.05, 3.63) is 36.5 Å². The van der Waals surface area contributed by atoms with Crippen LogP contribution in [0.1, 0.15) is 322 Å². The minimum absolute atomic E-state index is 0.185. The number of hydrogen-bond donors (Lipinski definition) is 6. The minimum atomic E-state index is -1.57. The second-order valence-electron chi connectivity index (χ2n) is 22.9. The van der Waals surface area contributed by atoms with Crippen LogP contribution in [0.3, 0.4) is 0 Å². The van der Waals surface area contributed by atoms with E-state index in [9.17, 15) is 30.3 Å². The molecule has 0 spiro atoms. The third kappa shape index (κ3) is 44.9. The van der Waals surface area contributed by atoms with Crippen LogP contribution in [-0.4, -0.2) is 87.5 Å². The molecule has 7 unspecified atom stereocenters. The van der Waals surface area contributed by atoms with Crippen LogP contribution in [0.5, 0.6) is 0 Å². The maximum absolute atomic E-state index is 13.1. The predicted octanol–water partition coefficient (Wildman–Crippen LogP) is 17.1. The maximum Gasteiger partial charge on any atom is 0.220 e. The van der Waals surface area contributed by atoms with Gasteiger partial charge in [0.25, 0.3) is 0 Å². The van der Waals surface area contributed by atoms with E-state index in [0.717, 1.165) is 44.9 Å². The zero-order chi connectivity index (χ0) is 54.3. The molecule has 1 fully saturated rings. The summed E-state index contributed by atoms with van der Waals surface area (Å²) >= 11 is 0. The summed E-state index contributed by atoms with van der Waals surface area (Å²) in [5.74, 6) is -0.185. The third-order valence-corrected chi connectivity index (χ3v) is 15.7. The first-order chi connectivity index (χ1) is 36.8. The number of carbonyl (C=O) groups is 1. The quantitative estimate of drug-likeness (QED) is 0.0261. The molecule has 0 aromatic carbocycles. The first kappa shape index (κ1) is 71.4. The molecule has 1 amide bonds. The number of rotatable bonds is 57. The summed E-state index contributed by atoms with van der Waals surface area (Å²) in [4.78, 5) is 13.1. The minimum Gasteiger partial charge on any atom is -0.394 e. The largest absolute Gasteiger partial charge is 0.394 e. The van der Waals surface area contributed by atoms with Gasteiger partial charge in [0.05, 0.1) is 25.4 Å². The molecule has 9 nitrogen and oxygen atoms in total. The van der Waals surface area contributed by atoms with Gasteiger partial charge in [-0.05, 0) is 44.9 Å².